The number of anilines is 1. The zero-order valence-corrected chi connectivity index (χ0v) is 12.6. The Bertz CT molecular complexity index is 397. The highest BCUT2D eigenvalue weighted by Gasteiger charge is 2.21. The Balaban J connectivity index is 2.13. The van der Waals surface area contributed by atoms with E-state index in [4.69, 9.17) is 0 Å². The second-order valence-corrected chi connectivity index (χ2v) is 5.68. The van der Waals surface area contributed by atoms with Crippen molar-refractivity contribution < 1.29 is 0 Å². The average molecular weight is 261 g/mol. The summed E-state index contributed by atoms with van der Waals surface area (Å²) in [6, 6.07) is 2.95. The summed E-state index contributed by atoms with van der Waals surface area (Å²) in [6.07, 6.45) is 8.64. The zero-order valence-electron chi connectivity index (χ0n) is 12.6. The number of aromatic nitrogens is 1. The minimum atomic E-state index is 0.715. The van der Waals surface area contributed by atoms with Crippen LogP contribution in [0.5, 0.6) is 0 Å². The summed E-state index contributed by atoms with van der Waals surface area (Å²) in [4.78, 5) is 6.94. The summed E-state index contributed by atoms with van der Waals surface area (Å²) in [5.74, 6) is 0. The van der Waals surface area contributed by atoms with Crippen molar-refractivity contribution in [1.82, 2.24) is 10.3 Å². The van der Waals surface area contributed by atoms with Gasteiger partial charge in [0.25, 0.3) is 0 Å². The Morgan fingerprint density at radius 2 is 2.11 bits per heavy atom. The molecule has 1 aliphatic carbocycles. The third-order valence-corrected chi connectivity index (χ3v) is 4.09. The van der Waals surface area contributed by atoms with E-state index in [0.29, 0.717) is 6.04 Å². The van der Waals surface area contributed by atoms with Crippen LogP contribution >= 0.6 is 0 Å². The summed E-state index contributed by atoms with van der Waals surface area (Å²) < 4.78 is 0. The van der Waals surface area contributed by atoms with E-state index in [9.17, 15) is 0 Å². The third kappa shape index (κ3) is 3.69. The Labute approximate surface area is 117 Å². The van der Waals surface area contributed by atoms with E-state index in [1.165, 1.54) is 43.4 Å². The van der Waals surface area contributed by atoms with Crippen molar-refractivity contribution in [3.05, 3.63) is 23.5 Å². The van der Waals surface area contributed by atoms with Gasteiger partial charge in [0.15, 0.2) is 0 Å². The lowest BCUT2D eigenvalue weighted by molar-refractivity contribution is 0.638. The van der Waals surface area contributed by atoms with Crippen LogP contribution in [0.2, 0.25) is 0 Å². The average Bonchev–Trinajstić information content (AvgIpc) is 2.94. The van der Waals surface area contributed by atoms with Gasteiger partial charge < -0.3 is 10.2 Å². The van der Waals surface area contributed by atoms with Crippen molar-refractivity contribution in [3.63, 3.8) is 0 Å². The number of nitrogens with one attached hydrogen (secondary N) is 1. The molecule has 0 bridgehead atoms. The molecule has 2 rings (SSSR count). The summed E-state index contributed by atoms with van der Waals surface area (Å²) in [6.45, 7) is 6.27. The molecule has 0 unspecified atom stereocenters. The predicted molar refractivity (Wildman–Crippen MR) is 81.6 cm³/mol. The Hall–Kier alpha value is -1.09. The molecule has 0 amide bonds. The van der Waals surface area contributed by atoms with Crippen LogP contribution in [0.4, 0.5) is 5.69 Å². The first-order valence-electron chi connectivity index (χ1n) is 7.61. The predicted octanol–water partition coefficient (Wildman–Crippen LogP) is 3.27. The number of rotatable bonds is 6. The molecule has 19 heavy (non-hydrogen) atoms. The zero-order chi connectivity index (χ0) is 13.7. The van der Waals surface area contributed by atoms with Gasteiger partial charge in [0, 0.05) is 42.8 Å². The van der Waals surface area contributed by atoms with E-state index >= 15 is 0 Å². The molecule has 1 aromatic heterocycles. The molecule has 3 nitrogen and oxygen atoms in total. The maximum absolute atomic E-state index is 4.46. The fourth-order valence-electron chi connectivity index (χ4n) is 2.93. The second kappa shape index (κ2) is 6.90. The van der Waals surface area contributed by atoms with Gasteiger partial charge in [-0.05, 0) is 38.8 Å². The number of aryl methyl sites for hydroxylation is 1. The second-order valence-electron chi connectivity index (χ2n) is 5.68. The van der Waals surface area contributed by atoms with Crippen molar-refractivity contribution in [2.75, 3.05) is 18.5 Å². The molecule has 0 radical (unpaired) electrons. The van der Waals surface area contributed by atoms with Crippen LogP contribution in [-0.2, 0) is 6.54 Å². The highest BCUT2D eigenvalue weighted by molar-refractivity contribution is 5.54. The van der Waals surface area contributed by atoms with E-state index < -0.39 is 0 Å². The maximum atomic E-state index is 4.46. The number of hydrogen-bond acceptors (Lipinski definition) is 3. The van der Waals surface area contributed by atoms with Crippen molar-refractivity contribution in [3.8, 4) is 0 Å². The fourth-order valence-corrected chi connectivity index (χ4v) is 2.93. The van der Waals surface area contributed by atoms with Crippen LogP contribution in [0.25, 0.3) is 0 Å². The summed E-state index contributed by atoms with van der Waals surface area (Å²) in [5, 5.41) is 3.49. The minimum Gasteiger partial charge on any atom is -0.371 e. The van der Waals surface area contributed by atoms with Crippen molar-refractivity contribution in [1.29, 1.82) is 0 Å². The highest BCUT2D eigenvalue weighted by Crippen LogP contribution is 2.29. The maximum Gasteiger partial charge on any atom is 0.0445 e. The lowest BCUT2D eigenvalue weighted by Crippen LogP contribution is -2.30. The molecule has 1 fully saturated rings. The molecule has 1 heterocycles. The lowest BCUT2D eigenvalue weighted by atomic mass is 10.1. The third-order valence-electron chi connectivity index (χ3n) is 4.09. The fraction of sp³-hybridized carbons (Fsp3) is 0.688. The molecule has 0 spiro atoms. The quantitative estimate of drug-likeness (QED) is 0.797. The van der Waals surface area contributed by atoms with Crippen LogP contribution in [0.3, 0.4) is 0 Å². The normalized spacial score (nSPS) is 15.9. The van der Waals surface area contributed by atoms with Crippen LogP contribution in [0, 0.1) is 6.92 Å². The first kappa shape index (κ1) is 14.3. The molecular formula is C16H27N3. The van der Waals surface area contributed by atoms with Gasteiger partial charge in [0.1, 0.15) is 0 Å². The van der Waals surface area contributed by atoms with Crippen LogP contribution in [0.15, 0.2) is 12.3 Å². The molecule has 0 aliphatic heterocycles. The molecule has 0 saturated heterocycles. The van der Waals surface area contributed by atoms with E-state index in [1.54, 1.807) is 0 Å². The first-order valence-corrected chi connectivity index (χ1v) is 7.61. The number of hydrogen-bond donors (Lipinski definition) is 1. The molecule has 0 atom stereocenters. The van der Waals surface area contributed by atoms with Crippen LogP contribution in [-0.4, -0.2) is 24.6 Å². The summed E-state index contributed by atoms with van der Waals surface area (Å²) in [7, 11) is 2.24. The molecule has 1 aliphatic rings. The van der Waals surface area contributed by atoms with E-state index in [1.807, 2.05) is 6.20 Å². The Morgan fingerprint density at radius 3 is 2.79 bits per heavy atom. The van der Waals surface area contributed by atoms with Gasteiger partial charge in [-0.25, -0.2) is 0 Å². The van der Waals surface area contributed by atoms with E-state index in [-0.39, 0.29) is 0 Å². The van der Waals surface area contributed by atoms with E-state index in [2.05, 4.69) is 42.2 Å². The lowest BCUT2D eigenvalue weighted by Gasteiger charge is -2.29. The van der Waals surface area contributed by atoms with Gasteiger partial charge in [-0.1, -0.05) is 19.8 Å². The van der Waals surface area contributed by atoms with Gasteiger partial charge in [0.2, 0.25) is 0 Å². The minimum absolute atomic E-state index is 0.715. The van der Waals surface area contributed by atoms with Crippen molar-refractivity contribution >= 4 is 5.69 Å². The molecular weight excluding hydrogens is 234 g/mol. The molecule has 106 valence electrons. The standard InChI is InChI=1S/C16H27N3/c1-4-9-17-11-14-12-18-13(2)10-16(14)19(3)15-7-5-6-8-15/h10,12,15,17H,4-9,11H2,1-3H3. The molecule has 0 aromatic carbocycles. The van der Waals surface area contributed by atoms with Gasteiger partial charge in [-0.2, -0.15) is 0 Å². The summed E-state index contributed by atoms with van der Waals surface area (Å²) in [5.41, 5.74) is 3.80. The topological polar surface area (TPSA) is 28.2 Å². The Kier molecular flexibility index (Phi) is 5.20. The smallest absolute Gasteiger partial charge is 0.0445 e. The van der Waals surface area contributed by atoms with Gasteiger partial charge in [0.05, 0.1) is 0 Å². The number of pyridine rings is 1. The van der Waals surface area contributed by atoms with Gasteiger partial charge in [-0.15, -0.1) is 0 Å². The molecule has 1 N–H and O–H groups in total. The Morgan fingerprint density at radius 1 is 1.37 bits per heavy atom. The highest BCUT2D eigenvalue weighted by atomic mass is 15.1. The van der Waals surface area contributed by atoms with Crippen LogP contribution < -0.4 is 10.2 Å². The van der Waals surface area contributed by atoms with Gasteiger partial charge in [-0.3, -0.25) is 4.98 Å². The van der Waals surface area contributed by atoms with Crippen molar-refractivity contribution in [2.45, 2.75) is 58.5 Å². The van der Waals surface area contributed by atoms with Gasteiger partial charge >= 0.3 is 0 Å². The van der Waals surface area contributed by atoms with Crippen molar-refractivity contribution in [2.24, 2.45) is 0 Å². The van der Waals surface area contributed by atoms with E-state index in [0.717, 1.165) is 18.8 Å². The van der Waals surface area contributed by atoms with Crippen LogP contribution in [0.1, 0.15) is 50.3 Å². The molecule has 1 aromatic rings. The number of nitrogens with zero attached hydrogens (tertiary/aromatic N) is 2. The molecule has 1 saturated carbocycles. The SMILES string of the molecule is CCCNCc1cnc(C)cc1N(C)C1CCCC1. The first-order chi connectivity index (χ1) is 9.22. The largest absolute Gasteiger partial charge is 0.371 e. The molecule has 3 heteroatoms. The summed E-state index contributed by atoms with van der Waals surface area (Å²) >= 11 is 0. The monoisotopic (exact) mass is 261 g/mol.